The van der Waals surface area contributed by atoms with Crippen molar-refractivity contribution in [2.24, 2.45) is 0 Å². The molecule has 0 aromatic rings. The van der Waals surface area contributed by atoms with Gasteiger partial charge in [-0.25, -0.2) is 0 Å². The molecule has 132 valence electrons. The van der Waals surface area contributed by atoms with Gasteiger partial charge in [0.25, 0.3) is 0 Å². The number of carbonyl (C=O) groups excluding carboxylic acids is 3. The summed E-state index contributed by atoms with van der Waals surface area (Å²) >= 11 is 1.33. The summed E-state index contributed by atoms with van der Waals surface area (Å²) in [6.45, 7) is 5.04. The largest absolute Gasteiger partial charge is 0.456 e. The minimum absolute atomic E-state index is 0.441. The van der Waals surface area contributed by atoms with Gasteiger partial charge in [0.05, 0.1) is 6.61 Å². The number of thioether (sulfide) groups is 1. The van der Waals surface area contributed by atoms with Gasteiger partial charge in [0.2, 0.25) is 0 Å². The van der Waals surface area contributed by atoms with Gasteiger partial charge in [-0.05, 0) is 5.75 Å². The number of carbonyl (C=O) groups is 3. The molecule has 1 rings (SSSR count). The first-order valence-electron chi connectivity index (χ1n) is 7.19. The molecule has 0 spiro atoms. The number of esters is 3. The number of aliphatic hydroxyl groups excluding tert-OH is 1. The van der Waals surface area contributed by atoms with Crippen LogP contribution in [-0.4, -0.2) is 65.2 Å². The van der Waals surface area contributed by atoms with Crippen molar-refractivity contribution >= 4 is 29.7 Å². The quantitative estimate of drug-likeness (QED) is 0.532. The molecule has 0 aromatic carbocycles. The van der Waals surface area contributed by atoms with E-state index in [1.165, 1.54) is 32.5 Å². The van der Waals surface area contributed by atoms with Crippen LogP contribution < -0.4 is 0 Å². The first kappa shape index (κ1) is 19.7. The SMILES string of the molecule is CCSC1O[C@H](CO)[C@@H](OC(C)=O)[C@H](OC(C)=O)[C@H]1OC(C)=O. The zero-order chi connectivity index (χ0) is 17.6. The lowest BCUT2D eigenvalue weighted by Gasteiger charge is -2.43. The summed E-state index contributed by atoms with van der Waals surface area (Å²) < 4.78 is 21.3. The third-order valence-corrected chi connectivity index (χ3v) is 4.05. The highest BCUT2D eigenvalue weighted by atomic mass is 32.2. The van der Waals surface area contributed by atoms with Gasteiger partial charge in [-0.2, -0.15) is 0 Å². The molecule has 0 aliphatic carbocycles. The third-order valence-electron chi connectivity index (χ3n) is 3.01. The van der Waals surface area contributed by atoms with Crippen LogP contribution in [0.4, 0.5) is 0 Å². The van der Waals surface area contributed by atoms with Crippen LogP contribution in [0.1, 0.15) is 27.7 Å². The maximum atomic E-state index is 11.4. The molecule has 1 aliphatic rings. The molecule has 0 aromatic heterocycles. The Morgan fingerprint density at radius 3 is 1.87 bits per heavy atom. The smallest absolute Gasteiger partial charge is 0.303 e. The molecule has 0 radical (unpaired) electrons. The first-order valence-corrected chi connectivity index (χ1v) is 8.24. The maximum absolute atomic E-state index is 11.4. The fraction of sp³-hybridized carbons (Fsp3) is 0.786. The molecule has 1 fully saturated rings. The first-order chi connectivity index (χ1) is 10.8. The Morgan fingerprint density at radius 1 is 0.957 bits per heavy atom. The van der Waals surface area contributed by atoms with Gasteiger partial charge in [0.15, 0.2) is 18.3 Å². The molecule has 0 amide bonds. The second kappa shape index (κ2) is 9.09. The van der Waals surface area contributed by atoms with Crippen LogP contribution in [0, 0.1) is 0 Å². The van der Waals surface area contributed by atoms with Gasteiger partial charge in [0.1, 0.15) is 11.5 Å². The van der Waals surface area contributed by atoms with Crippen molar-refractivity contribution in [2.45, 2.75) is 57.5 Å². The summed E-state index contributed by atoms with van der Waals surface area (Å²) in [4.78, 5) is 34.1. The minimum atomic E-state index is -1.07. The monoisotopic (exact) mass is 350 g/mol. The molecule has 8 nitrogen and oxygen atoms in total. The fourth-order valence-corrected chi connectivity index (χ4v) is 3.25. The van der Waals surface area contributed by atoms with E-state index < -0.39 is 54.4 Å². The highest BCUT2D eigenvalue weighted by molar-refractivity contribution is 7.99. The lowest BCUT2D eigenvalue weighted by atomic mass is 9.99. The Bertz CT molecular complexity index is 440. The van der Waals surface area contributed by atoms with Crippen LogP contribution in [0.2, 0.25) is 0 Å². The fourth-order valence-electron chi connectivity index (χ4n) is 2.30. The highest BCUT2D eigenvalue weighted by Crippen LogP contribution is 2.33. The van der Waals surface area contributed by atoms with Crippen molar-refractivity contribution < 1.29 is 38.4 Å². The number of aliphatic hydroxyl groups is 1. The van der Waals surface area contributed by atoms with Crippen LogP contribution in [0.15, 0.2) is 0 Å². The van der Waals surface area contributed by atoms with Crippen LogP contribution in [-0.2, 0) is 33.3 Å². The molecule has 1 saturated heterocycles. The van der Waals surface area contributed by atoms with E-state index in [9.17, 15) is 19.5 Å². The molecular formula is C14H22O8S. The van der Waals surface area contributed by atoms with Gasteiger partial charge in [0, 0.05) is 20.8 Å². The van der Waals surface area contributed by atoms with E-state index in [4.69, 9.17) is 18.9 Å². The van der Waals surface area contributed by atoms with Gasteiger partial charge >= 0.3 is 17.9 Å². The second-order valence-electron chi connectivity index (χ2n) is 4.90. The second-order valence-corrected chi connectivity index (χ2v) is 6.28. The van der Waals surface area contributed by atoms with E-state index in [1.807, 2.05) is 6.92 Å². The van der Waals surface area contributed by atoms with Crippen LogP contribution in [0.25, 0.3) is 0 Å². The normalized spacial score (nSPS) is 30.4. The molecule has 0 saturated carbocycles. The number of hydrogen-bond acceptors (Lipinski definition) is 9. The summed E-state index contributed by atoms with van der Waals surface area (Å²) in [6, 6.07) is 0. The van der Waals surface area contributed by atoms with E-state index in [0.717, 1.165) is 0 Å². The van der Waals surface area contributed by atoms with Crippen molar-refractivity contribution in [1.29, 1.82) is 0 Å². The molecule has 23 heavy (non-hydrogen) atoms. The Balaban J connectivity index is 3.16. The molecule has 1 heterocycles. The van der Waals surface area contributed by atoms with Crippen molar-refractivity contribution in [3.63, 3.8) is 0 Å². The summed E-state index contributed by atoms with van der Waals surface area (Å²) in [5.41, 5.74) is -0.655. The van der Waals surface area contributed by atoms with Gasteiger partial charge < -0.3 is 24.1 Å². The maximum Gasteiger partial charge on any atom is 0.303 e. The average Bonchev–Trinajstić information content (AvgIpc) is 2.43. The van der Waals surface area contributed by atoms with E-state index >= 15 is 0 Å². The van der Waals surface area contributed by atoms with Crippen molar-refractivity contribution in [2.75, 3.05) is 12.4 Å². The average molecular weight is 350 g/mol. The van der Waals surface area contributed by atoms with E-state index in [0.29, 0.717) is 5.75 Å². The zero-order valence-electron chi connectivity index (χ0n) is 13.5. The molecule has 1 aliphatic heterocycles. The molecular weight excluding hydrogens is 328 g/mol. The molecule has 0 bridgehead atoms. The van der Waals surface area contributed by atoms with E-state index in [1.54, 1.807) is 0 Å². The summed E-state index contributed by atoms with van der Waals surface area (Å²) in [5.74, 6) is -1.19. The van der Waals surface area contributed by atoms with Crippen LogP contribution in [0.3, 0.4) is 0 Å². The van der Waals surface area contributed by atoms with Gasteiger partial charge in [-0.3, -0.25) is 14.4 Å². The molecule has 9 heteroatoms. The van der Waals surface area contributed by atoms with Crippen LogP contribution in [0.5, 0.6) is 0 Å². The predicted molar refractivity (Wildman–Crippen MR) is 80.5 cm³/mol. The molecule has 1 N–H and O–H groups in total. The number of rotatable bonds is 6. The topological polar surface area (TPSA) is 108 Å². The zero-order valence-corrected chi connectivity index (χ0v) is 14.3. The Hall–Kier alpha value is -1.32. The minimum Gasteiger partial charge on any atom is -0.456 e. The standard InChI is InChI=1S/C14H22O8S/c1-5-23-14-13(21-9(4)18)12(20-8(3)17)11(19-7(2)16)10(6-15)22-14/h10-15H,5-6H2,1-4H3/t10-,11-,12+,13-,14?/m1/s1. The summed E-state index contributed by atoms with van der Waals surface area (Å²) in [7, 11) is 0. The third kappa shape index (κ3) is 5.67. The summed E-state index contributed by atoms with van der Waals surface area (Å²) in [5, 5.41) is 9.51. The lowest BCUT2D eigenvalue weighted by molar-refractivity contribution is -0.236. The lowest BCUT2D eigenvalue weighted by Crippen LogP contribution is -2.61. The van der Waals surface area contributed by atoms with Crippen molar-refractivity contribution in [1.82, 2.24) is 0 Å². The number of hydrogen-bond donors (Lipinski definition) is 1. The van der Waals surface area contributed by atoms with Crippen molar-refractivity contribution in [3.05, 3.63) is 0 Å². The Morgan fingerprint density at radius 2 is 1.43 bits per heavy atom. The highest BCUT2D eigenvalue weighted by Gasteiger charge is 2.51. The predicted octanol–water partition coefficient (Wildman–Crippen LogP) is 0.252. The van der Waals surface area contributed by atoms with E-state index in [2.05, 4.69) is 0 Å². The Labute approximate surface area is 138 Å². The van der Waals surface area contributed by atoms with Crippen molar-refractivity contribution in [3.8, 4) is 0 Å². The van der Waals surface area contributed by atoms with Crippen LogP contribution >= 0.6 is 11.8 Å². The van der Waals surface area contributed by atoms with E-state index in [-0.39, 0.29) is 0 Å². The van der Waals surface area contributed by atoms with Gasteiger partial charge in [-0.1, -0.05) is 6.92 Å². The van der Waals surface area contributed by atoms with Gasteiger partial charge in [-0.15, -0.1) is 11.8 Å². The number of ether oxygens (including phenoxy) is 4. The Kier molecular flexibility index (Phi) is 7.80. The summed E-state index contributed by atoms with van der Waals surface area (Å²) in [6.07, 6.45) is -3.97. The molecule has 1 unspecified atom stereocenters. The molecule has 5 atom stereocenters.